The van der Waals surface area contributed by atoms with Gasteiger partial charge in [-0.15, -0.1) is 0 Å². The number of benzene rings is 1. The van der Waals surface area contributed by atoms with Crippen LogP contribution in [0.25, 0.3) is 0 Å². The van der Waals surface area contributed by atoms with E-state index >= 15 is 0 Å². The van der Waals surface area contributed by atoms with E-state index in [4.69, 9.17) is 5.11 Å². The molecule has 28 heavy (non-hydrogen) atoms. The summed E-state index contributed by atoms with van der Waals surface area (Å²) in [4.78, 5) is 27.3. The summed E-state index contributed by atoms with van der Waals surface area (Å²) in [6.07, 6.45) is -1.73. The van der Waals surface area contributed by atoms with Crippen LogP contribution in [0.4, 0.5) is 13.2 Å². The van der Waals surface area contributed by atoms with Gasteiger partial charge in [-0.1, -0.05) is 18.2 Å². The van der Waals surface area contributed by atoms with Gasteiger partial charge in [-0.25, -0.2) is 0 Å². The van der Waals surface area contributed by atoms with Crippen LogP contribution in [-0.4, -0.2) is 59.5 Å². The third kappa shape index (κ3) is 4.66. The summed E-state index contributed by atoms with van der Waals surface area (Å²) in [6.45, 7) is 1.04. The molecule has 3 rings (SSSR count). The summed E-state index contributed by atoms with van der Waals surface area (Å²) < 4.78 is 39.7. The quantitative estimate of drug-likeness (QED) is 0.828. The maximum absolute atomic E-state index is 13.2. The van der Waals surface area contributed by atoms with E-state index in [1.807, 2.05) is 0 Å². The van der Waals surface area contributed by atoms with Crippen LogP contribution in [0.15, 0.2) is 24.3 Å². The molecule has 1 N–H and O–H groups in total. The van der Waals surface area contributed by atoms with Crippen LogP contribution in [0.5, 0.6) is 0 Å². The SMILES string of the molecule is CN(CC(=O)O)[C@@H]1CCCN(C(=O)[C@@H]2C[C@@H]2c2ccccc2C(F)(F)F)CC1. The number of carboxylic acids is 1. The Hall–Kier alpha value is -2.09. The molecule has 0 radical (unpaired) electrons. The van der Waals surface area contributed by atoms with E-state index in [9.17, 15) is 22.8 Å². The van der Waals surface area contributed by atoms with Crippen LogP contribution in [0.1, 0.15) is 42.7 Å². The Bertz CT molecular complexity index is 738. The molecular formula is C20H25F3N2O3. The Labute approximate surface area is 162 Å². The summed E-state index contributed by atoms with van der Waals surface area (Å²) in [5.74, 6) is -1.73. The molecule has 1 heterocycles. The van der Waals surface area contributed by atoms with Gasteiger partial charge in [0.2, 0.25) is 5.91 Å². The van der Waals surface area contributed by atoms with E-state index in [1.165, 1.54) is 12.1 Å². The second-order valence-corrected chi connectivity index (χ2v) is 7.75. The number of halogens is 3. The monoisotopic (exact) mass is 398 g/mol. The smallest absolute Gasteiger partial charge is 0.416 e. The van der Waals surface area contributed by atoms with Gasteiger partial charge in [0.1, 0.15) is 0 Å². The Morgan fingerprint density at radius 2 is 1.93 bits per heavy atom. The lowest BCUT2D eigenvalue weighted by atomic mass is 10.0. The lowest BCUT2D eigenvalue weighted by Crippen LogP contribution is -2.37. The largest absolute Gasteiger partial charge is 0.480 e. The summed E-state index contributed by atoms with van der Waals surface area (Å²) in [6, 6.07) is 5.59. The zero-order valence-electron chi connectivity index (χ0n) is 15.8. The minimum Gasteiger partial charge on any atom is -0.480 e. The van der Waals surface area contributed by atoms with E-state index in [0.29, 0.717) is 25.9 Å². The normalized spacial score (nSPS) is 25.5. The van der Waals surface area contributed by atoms with Crippen LogP contribution >= 0.6 is 0 Å². The van der Waals surface area contributed by atoms with E-state index in [1.54, 1.807) is 22.9 Å². The topological polar surface area (TPSA) is 60.9 Å². The molecule has 1 aliphatic carbocycles. The molecule has 0 spiro atoms. The first kappa shape index (κ1) is 20.6. The minimum atomic E-state index is -4.42. The van der Waals surface area contributed by atoms with Crippen molar-refractivity contribution in [2.75, 3.05) is 26.7 Å². The highest BCUT2D eigenvalue weighted by Gasteiger charge is 2.49. The van der Waals surface area contributed by atoms with E-state index < -0.39 is 23.6 Å². The molecule has 2 aliphatic rings. The van der Waals surface area contributed by atoms with Crippen LogP contribution in [0, 0.1) is 5.92 Å². The molecule has 1 aromatic rings. The summed E-state index contributed by atoms with van der Waals surface area (Å²) >= 11 is 0. The van der Waals surface area contributed by atoms with Gasteiger partial charge in [0, 0.05) is 25.0 Å². The van der Waals surface area contributed by atoms with Gasteiger partial charge in [0.05, 0.1) is 12.1 Å². The summed E-state index contributed by atoms with van der Waals surface area (Å²) in [5, 5.41) is 8.94. The number of carbonyl (C=O) groups excluding carboxylic acids is 1. The van der Waals surface area contributed by atoms with E-state index in [0.717, 1.165) is 18.9 Å². The molecule has 0 unspecified atom stereocenters. The Balaban J connectivity index is 1.62. The Morgan fingerprint density at radius 1 is 1.21 bits per heavy atom. The number of carbonyl (C=O) groups is 2. The third-order valence-corrected chi connectivity index (χ3v) is 5.79. The van der Waals surface area contributed by atoms with Crippen LogP contribution in [-0.2, 0) is 15.8 Å². The maximum atomic E-state index is 13.2. The lowest BCUT2D eigenvalue weighted by Gasteiger charge is -2.25. The average molecular weight is 398 g/mol. The molecule has 1 amide bonds. The molecule has 0 bridgehead atoms. The fourth-order valence-corrected chi connectivity index (χ4v) is 4.21. The molecule has 1 saturated carbocycles. The number of rotatable bonds is 5. The zero-order chi connectivity index (χ0) is 20.5. The van der Waals surface area contributed by atoms with Gasteiger partial charge in [0.15, 0.2) is 0 Å². The molecule has 3 atom stereocenters. The molecule has 8 heteroatoms. The first-order chi connectivity index (χ1) is 13.2. The van der Waals surface area contributed by atoms with Crippen molar-refractivity contribution in [1.29, 1.82) is 0 Å². The molecular weight excluding hydrogens is 373 g/mol. The molecule has 1 saturated heterocycles. The van der Waals surface area contributed by atoms with Crippen molar-refractivity contribution in [2.45, 2.75) is 43.8 Å². The second-order valence-electron chi connectivity index (χ2n) is 7.75. The van der Waals surface area contributed by atoms with Crippen molar-refractivity contribution in [1.82, 2.24) is 9.80 Å². The predicted octanol–water partition coefficient (Wildman–Crippen LogP) is 3.21. The van der Waals surface area contributed by atoms with E-state index in [2.05, 4.69) is 0 Å². The molecule has 0 aromatic heterocycles. The van der Waals surface area contributed by atoms with Gasteiger partial charge in [-0.2, -0.15) is 13.2 Å². The van der Waals surface area contributed by atoms with Crippen LogP contribution in [0.2, 0.25) is 0 Å². The number of amides is 1. The van der Waals surface area contributed by atoms with Gasteiger partial charge < -0.3 is 10.0 Å². The predicted molar refractivity (Wildman–Crippen MR) is 96.8 cm³/mol. The first-order valence-corrected chi connectivity index (χ1v) is 9.55. The number of nitrogens with zero attached hydrogens (tertiary/aromatic N) is 2. The lowest BCUT2D eigenvalue weighted by molar-refractivity contribution is -0.139. The standard InChI is InChI=1S/C20H25F3N2O3/c1-24(12-18(26)27)13-5-4-9-25(10-8-13)19(28)16-11-15(16)14-6-2-3-7-17(14)20(21,22)23/h2-3,6-7,13,15-16H,4-5,8-12H2,1H3,(H,26,27)/t13-,15-,16-/m1/s1. The highest BCUT2D eigenvalue weighted by atomic mass is 19.4. The maximum Gasteiger partial charge on any atom is 0.416 e. The highest BCUT2D eigenvalue weighted by molar-refractivity contribution is 5.83. The van der Waals surface area contributed by atoms with Crippen molar-refractivity contribution in [3.63, 3.8) is 0 Å². The van der Waals surface area contributed by atoms with Crippen molar-refractivity contribution < 1.29 is 27.9 Å². The summed E-state index contributed by atoms with van der Waals surface area (Å²) in [7, 11) is 1.77. The molecule has 1 aliphatic heterocycles. The Morgan fingerprint density at radius 3 is 2.61 bits per heavy atom. The minimum absolute atomic E-state index is 0.0441. The molecule has 5 nitrogen and oxygen atoms in total. The highest BCUT2D eigenvalue weighted by Crippen LogP contribution is 2.51. The van der Waals surface area contributed by atoms with Gasteiger partial charge in [0.25, 0.3) is 0 Å². The van der Waals surface area contributed by atoms with Gasteiger partial charge in [-0.05, 0) is 50.3 Å². The molecule has 154 valence electrons. The van der Waals surface area contributed by atoms with Crippen molar-refractivity contribution in [2.24, 2.45) is 5.92 Å². The number of hydrogen-bond donors (Lipinski definition) is 1. The number of hydrogen-bond acceptors (Lipinski definition) is 3. The fourth-order valence-electron chi connectivity index (χ4n) is 4.21. The third-order valence-electron chi connectivity index (χ3n) is 5.79. The number of carboxylic acid groups (broad SMARTS) is 1. The van der Waals surface area contributed by atoms with E-state index in [-0.39, 0.29) is 30.0 Å². The van der Waals surface area contributed by atoms with Crippen LogP contribution in [0.3, 0.4) is 0 Å². The number of aliphatic carboxylic acids is 1. The van der Waals surface area contributed by atoms with Crippen molar-refractivity contribution >= 4 is 11.9 Å². The Kier molecular flexibility index (Phi) is 5.98. The first-order valence-electron chi connectivity index (χ1n) is 9.55. The molecule has 2 fully saturated rings. The number of likely N-dealkylation sites (N-methyl/N-ethyl adjacent to an activating group) is 1. The fraction of sp³-hybridized carbons (Fsp3) is 0.600. The van der Waals surface area contributed by atoms with Crippen LogP contribution < -0.4 is 0 Å². The van der Waals surface area contributed by atoms with Crippen molar-refractivity contribution in [3.05, 3.63) is 35.4 Å². The second kappa shape index (κ2) is 8.11. The number of alkyl halides is 3. The van der Waals surface area contributed by atoms with Gasteiger partial charge >= 0.3 is 12.1 Å². The zero-order valence-corrected chi connectivity index (χ0v) is 15.8. The average Bonchev–Trinajstić information content (AvgIpc) is 3.43. The summed E-state index contributed by atoms with van der Waals surface area (Å²) in [5.41, 5.74) is -0.441. The number of likely N-dealkylation sites (tertiary alicyclic amines) is 1. The van der Waals surface area contributed by atoms with Crippen molar-refractivity contribution in [3.8, 4) is 0 Å². The molecule has 1 aromatic carbocycles. The van der Waals surface area contributed by atoms with Gasteiger partial charge in [-0.3, -0.25) is 14.5 Å².